The Morgan fingerprint density at radius 1 is 0.933 bits per heavy atom. The molecule has 0 unspecified atom stereocenters. The Morgan fingerprint density at radius 3 is 2.17 bits per heavy atom. The van der Waals surface area contributed by atoms with Gasteiger partial charge in [-0.1, -0.05) is 18.2 Å². The third kappa shape index (κ3) is 6.72. The molecular formula is C18H12F6N2O3S. The second kappa shape index (κ2) is 9.11. The number of nitrogens with one attached hydrogen (secondary N) is 2. The van der Waals surface area contributed by atoms with Crippen molar-refractivity contribution in [1.29, 1.82) is 0 Å². The van der Waals surface area contributed by atoms with Crippen molar-refractivity contribution in [3.8, 4) is 0 Å². The fourth-order valence-electron chi connectivity index (χ4n) is 2.19. The van der Waals surface area contributed by atoms with Crippen LogP contribution in [-0.2, 0) is 10.9 Å². The van der Waals surface area contributed by atoms with Gasteiger partial charge in [0.05, 0.1) is 16.7 Å². The fourth-order valence-corrected chi connectivity index (χ4v) is 2.40. The van der Waals surface area contributed by atoms with Crippen molar-refractivity contribution in [2.24, 2.45) is 0 Å². The number of carbonyl (C=O) groups is 2. The Kier molecular flexibility index (Phi) is 7.03. The van der Waals surface area contributed by atoms with Crippen LogP contribution in [0.5, 0.6) is 0 Å². The van der Waals surface area contributed by atoms with Gasteiger partial charge in [0.1, 0.15) is 0 Å². The highest BCUT2D eigenvalue weighted by Gasteiger charge is 2.31. The number of alkyl halides is 6. The normalized spacial score (nSPS) is 11.5. The molecule has 0 heterocycles. The van der Waals surface area contributed by atoms with Crippen LogP contribution in [0.4, 0.5) is 32.0 Å². The minimum absolute atomic E-state index is 0.0620. The van der Waals surface area contributed by atoms with Crippen molar-refractivity contribution in [1.82, 2.24) is 5.32 Å². The number of anilines is 1. The van der Waals surface area contributed by atoms with Crippen molar-refractivity contribution in [3.63, 3.8) is 0 Å². The van der Waals surface area contributed by atoms with Gasteiger partial charge in [0, 0.05) is 5.69 Å². The van der Waals surface area contributed by atoms with Gasteiger partial charge in [-0.3, -0.25) is 10.1 Å². The minimum Gasteiger partial charge on any atom is -0.452 e. The molecule has 2 rings (SSSR count). The number of halogens is 6. The summed E-state index contributed by atoms with van der Waals surface area (Å²) in [4.78, 5) is 24.2. The second-order valence-corrected chi connectivity index (χ2v) is 6.13. The molecule has 0 aromatic heterocycles. The zero-order valence-corrected chi connectivity index (χ0v) is 15.5. The van der Waals surface area contributed by atoms with Gasteiger partial charge < -0.3 is 10.1 Å². The average molecular weight is 450 g/mol. The van der Waals surface area contributed by atoms with E-state index in [4.69, 9.17) is 12.2 Å². The quantitative estimate of drug-likeness (QED) is 0.407. The topological polar surface area (TPSA) is 67.4 Å². The van der Waals surface area contributed by atoms with Crippen molar-refractivity contribution in [2.75, 3.05) is 11.9 Å². The zero-order chi connectivity index (χ0) is 22.5. The number of benzene rings is 2. The Bertz CT molecular complexity index is 959. The van der Waals surface area contributed by atoms with E-state index in [0.717, 1.165) is 30.3 Å². The van der Waals surface area contributed by atoms with Gasteiger partial charge in [-0.25, -0.2) is 4.79 Å². The smallest absolute Gasteiger partial charge is 0.422 e. The Hall–Kier alpha value is -3.15. The number of rotatable bonds is 4. The Labute approximate surface area is 171 Å². The predicted octanol–water partition coefficient (Wildman–Crippen LogP) is 4.55. The molecule has 0 atom stereocenters. The second-order valence-electron chi connectivity index (χ2n) is 5.72. The molecule has 0 spiro atoms. The highest BCUT2D eigenvalue weighted by atomic mass is 32.1. The van der Waals surface area contributed by atoms with E-state index in [2.05, 4.69) is 15.4 Å². The van der Waals surface area contributed by atoms with Crippen LogP contribution in [0.3, 0.4) is 0 Å². The summed E-state index contributed by atoms with van der Waals surface area (Å²) in [6.07, 6.45) is -9.33. The molecule has 2 N–H and O–H groups in total. The number of esters is 1. The lowest BCUT2D eigenvalue weighted by Gasteiger charge is -2.13. The molecule has 0 fully saturated rings. The van der Waals surface area contributed by atoms with Crippen LogP contribution in [0.2, 0.25) is 0 Å². The highest BCUT2D eigenvalue weighted by Crippen LogP contribution is 2.30. The SMILES string of the molecule is O=C(NC(=S)Nc1cccc(C(F)(F)F)c1)c1ccccc1C(=O)OCC(F)(F)F. The van der Waals surface area contributed by atoms with E-state index < -0.39 is 47.1 Å². The molecule has 2 aromatic carbocycles. The van der Waals surface area contributed by atoms with E-state index in [9.17, 15) is 35.9 Å². The number of ether oxygens (including phenoxy) is 1. The molecule has 0 aliphatic rings. The fraction of sp³-hybridized carbons (Fsp3) is 0.167. The first kappa shape index (κ1) is 23.1. The van der Waals surface area contributed by atoms with Crippen molar-refractivity contribution < 1.29 is 40.7 Å². The van der Waals surface area contributed by atoms with Gasteiger partial charge in [-0.2, -0.15) is 26.3 Å². The molecule has 30 heavy (non-hydrogen) atoms. The van der Waals surface area contributed by atoms with Crippen LogP contribution in [0, 0.1) is 0 Å². The average Bonchev–Trinajstić information content (AvgIpc) is 2.65. The van der Waals surface area contributed by atoms with Crippen LogP contribution in [-0.4, -0.2) is 29.8 Å². The lowest BCUT2D eigenvalue weighted by Crippen LogP contribution is -2.35. The molecule has 0 saturated carbocycles. The monoisotopic (exact) mass is 450 g/mol. The summed E-state index contributed by atoms with van der Waals surface area (Å²) in [5.41, 5.74) is -1.79. The molecule has 1 amide bonds. The van der Waals surface area contributed by atoms with Crippen molar-refractivity contribution in [3.05, 3.63) is 65.2 Å². The van der Waals surface area contributed by atoms with Crippen molar-refractivity contribution in [2.45, 2.75) is 12.4 Å². The lowest BCUT2D eigenvalue weighted by molar-refractivity contribution is -0.161. The Morgan fingerprint density at radius 2 is 1.57 bits per heavy atom. The zero-order valence-electron chi connectivity index (χ0n) is 14.7. The maximum Gasteiger partial charge on any atom is 0.422 e. The summed E-state index contributed by atoms with van der Waals surface area (Å²) < 4.78 is 79.0. The summed E-state index contributed by atoms with van der Waals surface area (Å²) in [6, 6.07) is 8.89. The lowest BCUT2D eigenvalue weighted by atomic mass is 10.1. The maximum atomic E-state index is 12.7. The number of amides is 1. The van der Waals surface area contributed by atoms with E-state index in [0.29, 0.717) is 0 Å². The molecule has 0 aliphatic heterocycles. The third-order valence-corrected chi connectivity index (χ3v) is 3.64. The van der Waals surface area contributed by atoms with Gasteiger partial charge in [0.25, 0.3) is 5.91 Å². The van der Waals surface area contributed by atoms with E-state index in [1.54, 1.807) is 0 Å². The number of thiocarbonyl (C=S) groups is 1. The number of hydrogen-bond donors (Lipinski definition) is 2. The van der Waals surface area contributed by atoms with Gasteiger partial charge in [0.2, 0.25) is 0 Å². The van der Waals surface area contributed by atoms with Crippen LogP contribution >= 0.6 is 12.2 Å². The molecule has 0 saturated heterocycles. The maximum absolute atomic E-state index is 12.7. The minimum atomic E-state index is -4.75. The van der Waals surface area contributed by atoms with Crippen LogP contribution < -0.4 is 10.6 Å². The van der Waals surface area contributed by atoms with Crippen molar-refractivity contribution >= 4 is 34.9 Å². The highest BCUT2D eigenvalue weighted by molar-refractivity contribution is 7.80. The first-order chi connectivity index (χ1) is 13.9. The van der Waals surface area contributed by atoms with E-state index in [1.165, 1.54) is 18.2 Å². The van der Waals surface area contributed by atoms with Crippen LogP contribution in [0.1, 0.15) is 26.3 Å². The molecule has 0 radical (unpaired) electrons. The first-order valence-corrected chi connectivity index (χ1v) is 8.40. The van der Waals surface area contributed by atoms with Gasteiger partial charge in [0.15, 0.2) is 11.7 Å². The third-order valence-electron chi connectivity index (χ3n) is 3.43. The predicted molar refractivity (Wildman–Crippen MR) is 97.9 cm³/mol. The summed E-state index contributed by atoms with van der Waals surface area (Å²) in [5.74, 6) is -2.35. The molecule has 0 bridgehead atoms. The van der Waals surface area contributed by atoms with E-state index in [1.807, 2.05) is 0 Å². The summed E-state index contributed by atoms with van der Waals surface area (Å²) in [7, 11) is 0. The van der Waals surface area contributed by atoms with Crippen LogP contribution in [0.25, 0.3) is 0 Å². The molecule has 160 valence electrons. The largest absolute Gasteiger partial charge is 0.452 e. The summed E-state index contributed by atoms with van der Waals surface area (Å²) >= 11 is 4.87. The van der Waals surface area contributed by atoms with E-state index in [-0.39, 0.29) is 11.3 Å². The first-order valence-electron chi connectivity index (χ1n) is 7.99. The summed E-state index contributed by atoms with van der Waals surface area (Å²) in [6.45, 7) is -1.84. The molecular weight excluding hydrogens is 438 g/mol. The van der Waals surface area contributed by atoms with Crippen LogP contribution in [0.15, 0.2) is 48.5 Å². The standard InChI is InChI=1S/C18H12F6N2O3S/c19-17(20,21)9-29-15(28)13-7-2-1-6-12(13)14(27)26-16(30)25-11-5-3-4-10(8-11)18(22,23)24/h1-8H,9H2,(H2,25,26,27,30). The van der Waals surface area contributed by atoms with E-state index >= 15 is 0 Å². The molecule has 0 aliphatic carbocycles. The summed E-state index contributed by atoms with van der Waals surface area (Å²) in [5, 5.41) is 4.13. The molecule has 2 aromatic rings. The Balaban J connectivity index is 2.09. The van der Waals surface area contributed by atoms with Gasteiger partial charge >= 0.3 is 18.3 Å². The van der Waals surface area contributed by atoms with Gasteiger partial charge in [-0.05, 0) is 42.5 Å². The molecule has 5 nitrogen and oxygen atoms in total. The van der Waals surface area contributed by atoms with Gasteiger partial charge in [-0.15, -0.1) is 0 Å². The number of carbonyl (C=O) groups excluding carboxylic acids is 2. The molecule has 12 heteroatoms. The number of hydrogen-bond acceptors (Lipinski definition) is 4.